The van der Waals surface area contributed by atoms with E-state index in [0.29, 0.717) is 21.8 Å². The first-order valence-corrected chi connectivity index (χ1v) is 4.68. The summed E-state index contributed by atoms with van der Waals surface area (Å²) in [5.41, 5.74) is 6.16. The number of hydrogen-bond acceptors (Lipinski definition) is 4. The third kappa shape index (κ3) is 2.63. The number of nitrogens with two attached hydrogens (primary N) is 1. The normalized spacial score (nSPS) is 12.6. The van der Waals surface area contributed by atoms with Crippen LogP contribution >= 0.6 is 27.5 Å². The molecule has 0 saturated carbocycles. The number of hydrogen-bond donors (Lipinski definition) is 1. The van der Waals surface area contributed by atoms with Gasteiger partial charge in [0.1, 0.15) is 5.82 Å². The van der Waals surface area contributed by atoms with Crippen molar-refractivity contribution in [3.63, 3.8) is 0 Å². The first kappa shape index (κ1) is 10.4. The molecule has 0 aliphatic carbocycles. The van der Waals surface area contributed by atoms with E-state index in [0.717, 1.165) is 0 Å². The number of aryl methyl sites for hydroxylation is 1. The lowest BCUT2D eigenvalue weighted by atomic mass is 10.4. The van der Waals surface area contributed by atoms with Gasteiger partial charge in [0.15, 0.2) is 5.82 Å². The van der Waals surface area contributed by atoms with E-state index in [1.54, 1.807) is 13.8 Å². The summed E-state index contributed by atoms with van der Waals surface area (Å²) in [5.74, 6) is 1.02. The van der Waals surface area contributed by atoms with Gasteiger partial charge in [-0.15, -0.1) is 0 Å². The van der Waals surface area contributed by atoms with Gasteiger partial charge in [-0.1, -0.05) is 0 Å². The number of rotatable bonds is 1. The fourth-order valence-corrected chi connectivity index (χ4v) is 1.10. The number of nitrogens with zero attached hydrogens (tertiary/aromatic N) is 3. The van der Waals surface area contributed by atoms with Crippen LogP contribution in [0.25, 0.3) is 4.48 Å². The molecule has 0 radical (unpaired) electrons. The summed E-state index contributed by atoms with van der Waals surface area (Å²) in [6.07, 6.45) is 0. The Morgan fingerprint density at radius 1 is 1.38 bits per heavy atom. The molecule has 0 atom stereocenters. The van der Waals surface area contributed by atoms with Crippen LogP contribution in [0.4, 0.5) is 0 Å². The first-order chi connectivity index (χ1) is 6.00. The molecule has 0 amide bonds. The van der Waals surface area contributed by atoms with E-state index >= 15 is 0 Å². The van der Waals surface area contributed by atoms with E-state index in [1.807, 2.05) is 0 Å². The molecule has 1 rings (SSSR count). The lowest BCUT2D eigenvalue weighted by Crippen LogP contribution is -2.01. The van der Waals surface area contributed by atoms with Crippen molar-refractivity contribution < 1.29 is 0 Å². The van der Waals surface area contributed by atoms with E-state index in [4.69, 9.17) is 17.3 Å². The van der Waals surface area contributed by atoms with Crippen LogP contribution in [0.1, 0.15) is 18.6 Å². The second kappa shape index (κ2) is 4.02. The molecule has 0 spiro atoms. The Morgan fingerprint density at radius 2 is 2.00 bits per heavy atom. The Labute approximate surface area is 89.4 Å². The summed E-state index contributed by atoms with van der Waals surface area (Å²) >= 11 is 8.91. The summed E-state index contributed by atoms with van der Waals surface area (Å²) in [5, 5.41) is 0.167. The highest BCUT2D eigenvalue weighted by Crippen LogP contribution is 2.20. The Hall–Kier alpha value is -0.680. The summed E-state index contributed by atoms with van der Waals surface area (Å²) < 4.78 is 0.639. The second-order valence-electron chi connectivity index (χ2n) is 2.47. The van der Waals surface area contributed by atoms with Crippen molar-refractivity contribution >= 4 is 32.0 Å². The molecule has 13 heavy (non-hydrogen) atoms. The van der Waals surface area contributed by atoms with Gasteiger partial charge in [-0.05, 0) is 41.4 Å². The zero-order chi connectivity index (χ0) is 10.0. The largest absolute Gasteiger partial charge is 0.401 e. The minimum absolute atomic E-state index is 0.167. The van der Waals surface area contributed by atoms with E-state index in [-0.39, 0.29) is 5.28 Å². The van der Waals surface area contributed by atoms with Crippen molar-refractivity contribution in [3.8, 4) is 0 Å². The van der Waals surface area contributed by atoms with E-state index in [2.05, 4.69) is 30.9 Å². The van der Waals surface area contributed by atoms with Gasteiger partial charge in [0.25, 0.3) is 0 Å². The van der Waals surface area contributed by atoms with Gasteiger partial charge in [0.05, 0.1) is 4.48 Å². The lowest BCUT2D eigenvalue weighted by Gasteiger charge is -2.01. The van der Waals surface area contributed by atoms with Crippen LogP contribution in [-0.2, 0) is 0 Å². The van der Waals surface area contributed by atoms with Crippen LogP contribution < -0.4 is 5.73 Å². The molecule has 6 heteroatoms. The second-order valence-corrected chi connectivity index (χ2v) is 3.60. The first-order valence-electron chi connectivity index (χ1n) is 3.51. The lowest BCUT2D eigenvalue weighted by molar-refractivity contribution is 0.956. The fourth-order valence-electron chi connectivity index (χ4n) is 0.724. The number of allylic oxidation sites excluding steroid dienone is 1. The molecule has 0 fully saturated rings. The maximum absolute atomic E-state index is 5.65. The van der Waals surface area contributed by atoms with Crippen molar-refractivity contribution in [3.05, 3.63) is 22.6 Å². The molecule has 1 aromatic rings. The summed E-state index contributed by atoms with van der Waals surface area (Å²) in [6.45, 7) is 3.49. The van der Waals surface area contributed by atoms with Crippen LogP contribution in [0.2, 0.25) is 5.28 Å². The van der Waals surface area contributed by atoms with Crippen molar-refractivity contribution in [2.45, 2.75) is 13.8 Å². The van der Waals surface area contributed by atoms with E-state index < -0.39 is 0 Å². The quantitative estimate of drug-likeness (QED) is 0.840. The van der Waals surface area contributed by atoms with Gasteiger partial charge in [-0.25, -0.2) is 9.97 Å². The van der Waals surface area contributed by atoms with Crippen LogP contribution in [0, 0.1) is 6.92 Å². The van der Waals surface area contributed by atoms with Crippen LogP contribution in [0.3, 0.4) is 0 Å². The Bertz CT molecular complexity index is 339. The smallest absolute Gasteiger partial charge is 0.226 e. The molecule has 0 bridgehead atoms. The van der Waals surface area contributed by atoms with Gasteiger partial charge in [-0.2, -0.15) is 4.98 Å². The van der Waals surface area contributed by atoms with Crippen LogP contribution in [0.5, 0.6) is 0 Å². The Balaban J connectivity index is 3.24. The van der Waals surface area contributed by atoms with E-state index in [1.165, 1.54) is 0 Å². The topological polar surface area (TPSA) is 64.7 Å². The third-order valence-corrected chi connectivity index (χ3v) is 2.41. The maximum atomic E-state index is 5.65. The molecule has 1 heterocycles. The Morgan fingerprint density at radius 3 is 2.46 bits per heavy atom. The molecule has 0 aromatic carbocycles. The monoisotopic (exact) mass is 262 g/mol. The van der Waals surface area contributed by atoms with Crippen LogP contribution in [-0.4, -0.2) is 15.0 Å². The molecule has 0 unspecified atom stereocenters. The molecule has 2 N–H and O–H groups in total. The highest BCUT2D eigenvalue weighted by Gasteiger charge is 2.06. The molecule has 4 nitrogen and oxygen atoms in total. The zero-order valence-corrected chi connectivity index (χ0v) is 9.52. The van der Waals surface area contributed by atoms with Gasteiger partial charge >= 0.3 is 0 Å². The van der Waals surface area contributed by atoms with Crippen molar-refractivity contribution in [2.75, 3.05) is 0 Å². The molecular formula is C7H8BrClN4. The average Bonchev–Trinajstić information content (AvgIpc) is 2.01. The third-order valence-electron chi connectivity index (χ3n) is 1.26. The summed E-state index contributed by atoms with van der Waals surface area (Å²) in [4.78, 5) is 11.8. The molecular weight excluding hydrogens is 255 g/mol. The molecule has 0 aliphatic rings. The maximum Gasteiger partial charge on any atom is 0.226 e. The summed E-state index contributed by atoms with van der Waals surface area (Å²) in [7, 11) is 0. The average molecular weight is 264 g/mol. The minimum atomic E-state index is 0.167. The van der Waals surface area contributed by atoms with Gasteiger partial charge in [0.2, 0.25) is 5.28 Å². The van der Waals surface area contributed by atoms with Gasteiger partial charge in [0, 0.05) is 5.70 Å². The van der Waals surface area contributed by atoms with Gasteiger partial charge < -0.3 is 5.73 Å². The van der Waals surface area contributed by atoms with Crippen molar-refractivity contribution in [1.29, 1.82) is 0 Å². The van der Waals surface area contributed by atoms with Crippen molar-refractivity contribution in [1.82, 2.24) is 15.0 Å². The zero-order valence-electron chi connectivity index (χ0n) is 7.17. The molecule has 0 aliphatic heterocycles. The molecule has 70 valence electrons. The van der Waals surface area contributed by atoms with Gasteiger partial charge in [-0.3, -0.25) is 0 Å². The number of halogens is 2. The molecule has 0 saturated heterocycles. The summed E-state index contributed by atoms with van der Waals surface area (Å²) in [6, 6.07) is 0. The van der Waals surface area contributed by atoms with Crippen LogP contribution in [0.15, 0.2) is 5.70 Å². The highest BCUT2D eigenvalue weighted by molar-refractivity contribution is 9.15. The highest BCUT2D eigenvalue weighted by atomic mass is 79.9. The molecule has 1 aromatic heterocycles. The predicted octanol–water partition coefficient (Wildman–Crippen LogP) is 1.88. The predicted molar refractivity (Wildman–Crippen MR) is 55.3 cm³/mol. The SMILES string of the molecule is CC(N)=C(Br)c1nc(C)nc(Cl)n1. The van der Waals surface area contributed by atoms with Crippen molar-refractivity contribution in [2.24, 2.45) is 5.73 Å². The number of aromatic nitrogens is 3. The fraction of sp³-hybridized carbons (Fsp3) is 0.286. The Kier molecular flexibility index (Phi) is 3.22. The standard InChI is InChI=1S/C7H8BrClN4/c1-3(10)5(8)6-11-4(2)12-7(9)13-6/h10H2,1-2H3. The van der Waals surface area contributed by atoms with E-state index in [9.17, 15) is 0 Å². The minimum Gasteiger partial charge on any atom is -0.401 e.